The molecule has 2 aliphatic heterocycles. The molecular weight excluding hydrogens is 852 g/mol. The third kappa shape index (κ3) is 7.50. The molecule has 0 unspecified atom stereocenters. The van der Waals surface area contributed by atoms with E-state index in [1.54, 1.807) is 19.9 Å². The molecule has 11 N–H and O–H groups in total. The molecule has 18 nitrogen and oxygen atoms in total. The number of fused-ring (bicyclic) bond motifs is 7. The monoisotopic (exact) mass is 926 g/mol. The number of esters is 1. The van der Waals surface area contributed by atoms with Gasteiger partial charge in [0.15, 0.2) is 18.7 Å². The Morgan fingerprint density at radius 1 is 0.800 bits per heavy atom. The molecule has 18 heteroatoms. The Morgan fingerprint density at radius 3 is 2.06 bits per heavy atom. The summed E-state index contributed by atoms with van der Waals surface area (Å²) in [7, 11) is 0. The van der Waals surface area contributed by atoms with E-state index in [0.717, 1.165) is 5.57 Å². The van der Waals surface area contributed by atoms with Crippen LogP contribution in [0.5, 0.6) is 0 Å². The average molecular weight is 927 g/mol. The second-order valence-corrected chi connectivity index (χ2v) is 22.1. The summed E-state index contributed by atoms with van der Waals surface area (Å²) < 4.78 is 29.3. The lowest BCUT2D eigenvalue weighted by atomic mass is 9.33. The summed E-state index contributed by atoms with van der Waals surface area (Å²) in [6, 6.07) is 0. The number of rotatable bonds is 10. The molecule has 65 heavy (non-hydrogen) atoms. The summed E-state index contributed by atoms with van der Waals surface area (Å²) in [4.78, 5) is 25.5. The topological polar surface area (TPSA) is 303 Å². The number of allylic oxidation sites excluding steroid dienone is 3. The standard InChI is InChI=1S/C47H74O18/c1-9-21(2)39(60)65-37-36(57)47(20-50)23(16-42(37,3)4)22-10-11-26-43(5)14-13-28(44(6,19-49)25(43)12-15-45(26,7)46(22,8)17-27(47)51)62-41-33(56)34(32(55)35(64-41)38(58)59)63-40-31(54)30(53)29(52)24(18-48)61-40/h9-10,23-37,40-41,48-57H,11-20H2,1-8H3,(H,58,59)/b21-9-/t23-,24+,25+,26+,27-,28-,29+,30-,31+,32-,33+,34-,35-,36-,37-,40-,41+,43-,44-,45+,46+,47-/m0/s1. The van der Waals surface area contributed by atoms with Gasteiger partial charge in [-0.1, -0.05) is 59.3 Å². The first-order chi connectivity index (χ1) is 30.3. The predicted octanol–water partition coefficient (Wildman–Crippen LogP) is 0.284. The van der Waals surface area contributed by atoms with E-state index in [1.165, 1.54) is 0 Å². The minimum absolute atomic E-state index is 0.0292. The first-order valence-corrected chi connectivity index (χ1v) is 23.3. The summed E-state index contributed by atoms with van der Waals surface area (Å²) in [6.07, 6.45) is -14.9. The average Bonchev–Trinajstić information content (AvgIpc) is 3.25. The van der Waals surface area contributed by atoms with Crippen LogP contribution in [0, 0.1) is 50.2 Å². The van der Waals surface area contributed by atoms with Crippen molar-refractivity contribution in [3.8, 4) is 0 Å². The fourth-order valence-electron chi connectivity index (χ4n) is 14.5. The molecule has 0 aromatic heterocycles. The Balaban J connectivity index is 1.16. The lowest BCUT2D eigenvalue weighted by molar-refractivity contribution is -0.366. The first kappa shape index (κ1) is 50.7. The molecule has 0 bridgehead atoms. The predicted molar refractivity (Wildman–Crippen MR) is 227 cm³/mol. The summed E-state index contributed by atoms with van der Waals surface area (Å²) >= 11 is 0. The molecule has 7 rings (SSSR count). The highest BCUT2D eigenvalue weighted by Crippen LogP contribution is 2.76. The molecule has 22 atom stereocenters. The van der Waals surface area contributed by atoms with E-state index in [1.807, 2.05) is 20.8 Å². The minimum atomic E-state index is -2.02. The zero-order valence-corrected chi connectivity index (χ0v) is 38.8. The SMILES string of the molecule is C/C=C(/C)C(=O)O[C@H]1[C@H](O)[C@]2(CO)[C@@H](O)C[C@]3(C)C(=CC[C@@H]4[C@@]5(C)CC[C@H](O[C@@H]6O[C@H](C(=O)O)[C@@H](O)[C@H](O[C@@H]7O[C@H](CO)[C@@H](O)[C@H](O)[C@H]7O)[C@H]6O)[C@@](C)(CO)[C@@H]5CC[C@]43C)[C@@H]2CC1(C)C. The van der Waals surface area contributed by atoms with E-state index >= 15 is 0 Å². The van der Waals surface area contributed by atoms with Gasteiger partial charge in [0.1, 0.15) is 54.9 Å². The van der Waals surface area contributed by atoms with Crippen molar-refractivity contribution < 1.29 is 89.4 Å². The van der Waals surface area contributed by atoms with E-state index < -0.39 is 149 Å². The van der Waals surface area contributed by atoms with Crippen LogP contribution in [0.25, 0.3) is 0 Å². The molecule has 2 saturated heterocycles. The van der Waals surface area contributed by atoms with E-state index in [2.05, 4.69) is 26.8 Å². The van der Waals surface area contributed by atoms with Crippen molar-refractivity contribution >= 4 is 11.9 Å². The second kappa shape index (κ2) is 17.7. The van der Waals surface area contributed by atoms with E-state index in [9.17, 15) is 65.8 Å². The van der Waals surface area contributed by atoms with Gasteiger partial charge in [-0.25, -0.2) is 9.59 Å². The smallest absolute Gasteiger partial charge is 0.335 e. The molecule has 2 heterocycles. The summed E-state index contributed by atoms with van der Waals surface area (Å²) in [5.41, 5.74) is -3.01. The number of aliphatic hydroxyl groups excluding tert-OH is 10. The molecule has 0 radical (unpaired) electrons. The van der Waals surface area contributed by atoms with Crippen LogP contribution in [-0.4, -0.2) is 174 Å². The fraction of sp³-hybridized carbons (Fsp3) is 0.872. The molecule has 4 saturated carbocycles. The zero-order chi connectivity index (χ0) is 48.1. The molecule has 370 valence electrons. The molecule has 0 aromatic carbocycles. The molecule has 5 aliphatic carbocycles. The number of ether oxygens (including phenoxy) is 5. The maximum absolute atomic E-state index is 13.1. The summed E-state index contributed by atoms with van der Waals surface area (Å²) in [5, 5.41) is 121. The molecule has 0 spiro atoms. The van der Waals surface area contributed by atoms with E-state index in [-0.39, 0.29) is 24.9 Å². The highest BCUT2D eigenvalue weighted by atomic mass is 16.7. The Labute approximate surface area is 380 Å². The van der Waals surface area contributed by atoms with Crippen molar-refractivity contribution in [1.29, 1.82) is 0 Å². The highest BCUT2D eigenvalue weighted by molar-refractivity contribution is 5.87. The Kier molecular flexibility index (Phi) is 13.8. The molecule has 7 aliphatic rings. The van der Waals surface area contributed by atoms with Gasteiger partial charge in [-0.3, -0.25) is 0 Å². The van der Waals surface area contributed by atoms with Crippen molar-refractivity contribution in [2.45, 2.75) is 186 Å². The van der Waals surface area contributed by atoms with Gasteiger partial charge in [0.05, 0.1) is 37.4 Å². The summed E-state index contributed by atoms with van der Waals surface area (Å²) in [6.45, 7) is 14.2. The van der Waals surface area contributed by atoms with Crippen LogP contribution in [0.15, 0.2) is 23.3 Å². The van der Waals surface area contributed by atoms with Gasteiger partial charge in [-0.2, -0.15) is 0 Å². The van der Waals surface area contributed by atoms with Gasteiger partial charge in [0.2, 0.25) is 0 Å². The first-order valence-electron chi connectivity index (χ1n) is 23.3. The van der Waals surface area contributed by atoms with Crippen LogP contribution >= 0.6 is 0 Å². The minimum Gasteiger partial charge on any atom is -0.479 e. The van der Waals surface area contributed by atoms with Crippen LogP contribution in [0.1, 0.15) is 100 Å². The molecule has 0 aromatic rings. The van der Waals surface area contributed by atoms with Crippen molar-refractivity contribution in [3.63, 3.8) is 0 Å². The lowest BCUT2D eigenvalue weighted by Crippen LogP contribution is -2.72. The second-order valence-electron chi connectivity index (χ2n) is 22.1. The van der Waals surface area contributed by atoms with Crippen LogP contribution in [0.3, 0.4) is 0 Å². The van der Waals surface area contributed by atoms with Crippen LogP contribution in [0.4, 0.5) is 0 Å². The zero-order valence-electron chi connectivity index (χ0n) is 38.8. The lowest BCUT2D eigenvalue weighted by Gasteiger charge is -2.72. The van der Waals surface area contributed by atoms with Crippen molar-refractivity contribution in [2.75, 3.05) is 19.8 Å². The third-order valence-electron chi connectivity index (χ3n) is 18.7. The van der Waals surface area contributed by atoms with E-state index in [4.69, 9.17) is 23.7 Å². The molecule has 0 amide bonds. The maximum Gasteiger partial charge on any atom is 0.335 e. The number of carboxylic acid groups (broad SMARTS) is 1. The number of carboxylic acids is 1. The number of hydrogen-bond donors (Lipinski definition) is 11. The van der Waals surface area contributed by atoms with Gasteiger partial charge in [0, 0.05) is 16.4 Å². The van der Waals surface area contributed by atoms with Crippen molar-refractivity contribution in [2.24, 2.45) is 50.2 Å². The van der Waals surface area contributed by atoms with Gasteiger partial charge < -0.3 is 79.9 Å². The highest BCUT2D eigenvalue weighted by Gasteiger charge is 2.73. The van der Waals surface area contributed by atoms with Crippen molar-refractivity contribution in [1.82, 2.24) is 0 Å². The molecule has 6 fully saturated rings. The van der Waals surface area contributed by atoms with E-state index in [0.29, 0.717) is 44.1 Å². The van der Waals surface area contributed by atoms with Gasteiger partial charge in [0.25, 0.3) is 0 Å². The van der Waals surface area contributed by atoms with Crippen LogP contribution in [-0.2, 0) is 33.3 Å². The number of carbonyl (C=O) groups excluding carboxylic acids is 1. The number of aliphatic carboxylic acids is 1. The molecular formula is C47H74O18. The Bertz CT molecular complexity index is 1860. The Morgan fingerprint density at radius 2 is 1.46 bits per heavy atom. The van der Waals surface area contributed by atoms with Gasteiger partial charge >= 0.3 is 11.9 Å². The fourth-order valence-corrected chi connectivity index (χ4v) is 14.5. The number of carbonyl (C=O) groups is 2. The number of hydrogen-bond acceptors (Lipinski definition) is 17. The Hall–Kier alpha value is -2.14. The summed E-state index contributed by atoms with van der Waals surface area (Å²) in [5.74, 6) is -2.74. The van der Waals surface area contributed by atoms with Crippen LogP contribution < -0.4 is 0 Å². The van der Waals surface area contributed by atoms with Gasteiger partial charge in [-0.15, -0.1) is 0 Å². The third-order valence-corrected chi connectivity index (χ3v) is 18.7. The number of aliphatic hydroxyl groups is 10. The van der Waals surface area contributed by atoms with Crippen molar-refractivity contribution in [3.05, 3.63) is 23.3 Å². The normalized spacial score (nSPS) is 51.9. The maximum atomic E-state index is 13.1. The van der Waals surface area contributed by atoms with Gasteiger partial charge in [-0.05, 0) is 92.8 Å². The largest absolute Gasteiger partial charge is 0.479 e. The van der Waals surface area contributed by atoms with Crippen LogP contribution in [0.2, 0.25) is 0 Å². The quantitative estimate of drug-likeness (QED) is 0.0607.